The lowest BCUT2D eigenvalue weighted by Gasteiger charge is -2.10. The van der Waals surface area contributed by atoms with Crippen molar-refractivity contribution < 1.29 is 4.79 Å². The maximum atomic E-state index is 12.8. The standard InChI is InChI=1S/C21H21N7O/c1-13-11-14(2)27-21(22-13)23-18(26-27)12-19(29)24-20-16-9-6-10-17(16)25-28(20)15-7-4-3-5-8-15/h3-5,7-8,11H,6,9-10,12H2,1-2H3,(H,24,29). The number of amides is 1. The van der Waals surface area contributed by atoms with Crippen LogP contribution in [0, 0.1) is 13.8 Å². The van der Waals surface area contributed by atoms with E-state index in [1.54, 1.807) is 4.52 Å². The molecule has 146 valence electrons. The van der Waals surface area contributed by atoms with Gasteiger partial charge in [-0.2, -0.15) is 10.1 Å². The molecule has 1 aromatic carbocycles. The number of benzene rings is 1. The number of aromatic nitrogens is 6. The summed E-state index contributed by atoms with van der Waals surface area (Å²) in [6.07, 6.45) is 3.01. The van der Waals surface area contributed by atoms with E-state index in [1.807, 2.05) is 54.9 Å². The van der Waals surface area contributed by atoms with Crippen LogP contribution in [0.4, 0.5) is 5.82 Å². The molecule has 4 aromatic rings. The summed E-state index contributed by atoms with van der Waals surface area (Å²) in [7, 11) is 0. The lowest BCUT2D eigenvalue weighted by atomic mass is 10.2. The van der Waals surface area contributed by atoms with E-state index in [4.69, 9.17) is 5.10 Å². The van der Waals surface area contributed by atoms with Gasteiger partial charge in [0.2, 0.25) is 5.91 Å². The molecule has 8 nitrogen and oxygen atoms in total. The smallest absolute Gasteiger partial charge is 0.252 e. The third-order valence-corrected chi connectivity index (χ3v) is 5.15. The van der Waals surface area contributed by atoms with Crippen LogP contribution in [0.1, 0.15) is 34.9 Å². The molecule has 3 heterocycles. The highest BCUT2D eigenvalue weighted by Gasteiger charge is 2.24. The highest BCUT2D eigenvalue weighted by molar-refractivity contribution is 5.92. The lowest BCUT2D eigenvalue weighted by Crippen LogP contribution is -2.19. The highest BCUT2D eigenvalue weighted by Crippen LogP contribution is 2.31. The van der Waals surface area contributed by atoms with E-state index in [-0.39, 0.29) is 12.3 Å². The molecular formula is C21H21N7O. The van der Waals surface area contributed by atoms with Crippen LogP contribution in [0.5, 0.6) is 0 Å². The Morgan fingerprint density at radius 3 is 2.76 bits per heavy atom. The summed E-state index contributed by atoms with van der Waals surface area (Å²) in [4.78, 5) is 21.6. The van der Waals surface area contributed by atoms with Crippen molar-refractivity contribution in [3.05, 3.63) is 64.9 Å². The largest absolute Gasteiger partial charge is 0.310 e. The Kier molecular flexibility index (Phi) is 4.12. The number of aryl methyl sites for hydroxylation is 3. The van der Waals surface area contributed by atoms with E-state index >= 15 is 0 Å². The number of hydrogen-bond acceptors (Lipinski definition) is 5. The van der Waals surface area contributed by atoms with Gasteiger partial charge in [-0.3, -0.25) is 4.79 Å². The number of hydrogen-bond donors (Lipinski definition) is 1. The Hall–Kier alpha value is -3.55. The molecule has 0 unspecified atom stereocenters. The first kappa shape index (κ1) is 17.5. The van der Waals surface area contributed by atoms with Gasteiger partial charge in [0.25, 0.3) is 5.78 Å². The predicted molar refractivity (Wildman–Crippen MR) is 108 cm³/mol. The molecule has 0 saturated heterocycles. The third-order valence-electron chi connectivity index (χ3n) is 5.15. The van der Waals surface area contributed by atoms with E-state index in [9.17, 15) is 4.79 Å². The van der Waals surface area contributed by atoms with Crippen molar-refractivity contribution >= 4 is 17.5 Å². The molecule has 0 radical (unpaired) electrons. The molecule has 0 atom stereocenters. The molecule has 0 saturated carbocycles. The predicted octanol–water partition coefficient (Wildman–Crippen LogP) is 2.60. The molecule has 1 amide bonds. The fourth-order valence-electron chi connectivity index (χ4n) is 3.88. The maximum Gasteiger partial charge on any atom is 0.252 e. The molecule has 1 N–H and O–H groups in total. The van der Waals surface area contributed by atoms with E-state index in [1.165, 1.54) is 0 Å². The van der Waals surface area contributed by atoms with Gasteiger partial charge in [0.05, 0.1) is 17.8 Å². The van der Waals surface area contributed by atoms with Gasteiger partial charge in [-0.05, 0) is 51.3 Å². The second-order valence-electron chi connectivity index (χ2n) is 7.38. The molecule has 1 aliphatic rings. The van der Waals surface area contributed by atoms with Gasteiger partial charge in [0.1, 0.15) is 5.82 Å². The van der Waals surface area contributed by atoms with Crippen LogP contribution in [0.3, 0.4) is 0 Å². The minimum absolute atomic E-state index is 0.0800. The van der Waals surface area contributed by atoms with Crippen LogP contribution in [0.15, 0.2) is 36.4 Å². The van der Waals surface area contributed by atoms with Crippen molar-refractivity contribution in [2.24, 2.45) is 0 Å². The molecular weight excluding hydrogens is 366 g/mol. The maximum absolute atomic E-state index is 12.8. The van der Waals surface area contributed by atoms with Gasteiger partial charge < -0.3 is 5.32 Å². The number of para-hydroxylation sites is 1. The number of nitrogens with zero attached hydrogens (tertiary/aromatic N) is 6. The minimum Gasteiger partial charge on any atom is -0.310 e. The fourth-order valence-corrected chi connectivity index (χ4v) is 3.88. The van der Waals surface area contributed by atoms with Crippen LogP contribution in [-0.4, -0.2) is 35.3 Å². The second-order valence-corrected chi connectivity index (χ2v) is 7.38. The molecule has 1 aliphatic carbocycles. The molecule has 8 heteroatoms. The Bertz CT molecular complexity index is 1220. The molecule has 29 heavy (non-hydrogen) atoms. The van der Waals surface area contributed by atoms with Crippen molar-refractivity contribution in [1.82, 2.24) is 29.4 Å². The van der Waals surface area contributed by atoms with Crippen LogP contribution in [0.2, 0.25) is 0 Å². The first-order valence-corrected chi connectivity index (χ1v) is 9.74. The number of fused-ring (bicyclic) bond motifs is 2. The quantitative estimate of drug-likeness (QED) is 0.581. The zero-order valence-corrected chi connectivity index (χ0v) is 16.4. The second kappa shape index (κ2) is 6.80. The summed E-state index contributed by atoms with van der Waals surface area (Å²) in [5, 5.41) is 12.2. The van der Waals surface area contributed by atoms with Crippen LogP contribution >= 0.6 is 0 Å². The summed E-state index contributed by atoms with van der Waals surface area (Å²) < 4.78 is 3.50. The lowest BCUT2D eigenvalue weighted by molar-refractivity contribution is -0.115. The molecule has 0 spiro atoms. The van der Waals surface area contributed by atoms with E-state index < -0.39 is 0 Å². The summed E-state index contributed by atoms with van der Waals surface area (Å²) in [5.41, 5.74) is 4.93. The van der Waals surface area contributed by atoms with Gasteiger partial charge in [0, 0.05) is 17.0 Å². The average Bonchev–Trinajstić information content (AvgIpc) is 3.38. The van der Waals surface area contributed by atoms with Crippen molar-refractivity contribution in [2.45, 2.75) is 39.5 Å². The van der Waals surface area contributed by atoms with E-state index in [0.29, 0.717) is 11.6 Å². The van der Waals surface area contributed by atoms with Gasteiger partial charge in [-0.15, -0.1) is 5.10 Å². The number of anilines is 1. The fraction of sp³-hybridized carbons (Fsp3) is 0.286. The zero-order valence-electron chi connectivity index (χ0n) is 16.4. The van der Waals surface area contributed by atoms with Crippen molar-refractivity contribution in [1.29, 1.82) is 0 Å². The SMILES string of the molecule is Cc1cc(C)n2nc(CC(=O)Nc3c4c(nn3-c3ccccc3)CCC4)nc2n1. The van der Waals surface area contributed by atoms with Crippen LogP contribution in [0.25, 0.3) is 11.5 Å². The van der Waals surface area contributed by atoms with E-state index in [2.05, 4.69) is 20.4 Å². The summed E-state index contributed by atoms with van der Waals surface area (Å²) >= 11 is 0. The van der Waals surface area contributed by atoms with Gasteiger partial charge >= 0.3 is 0 Å². The molecule has 0 bridgehead atoms. The van der Waals surface area contributed by atoms with Crippen LogP contribution in [-0.2, 0) is 24.1 Å². The highest BCUT2D eigenvalue weighted by atomic mass is 16.1. The monoisotopic (exact) mass is 387 g/mol. The first-order chi connectivity index (χ1) is 14.1. The Morgan fingerprint density at radius 2 is 1.93 bits per heavy atom. The summed E-state index contributed by atoms with van der Waals surface area (Å²) in [6, 6.07) is 11.8. The normalized spacial score (nSPS) is 13.0. The number of nitrogens with one attached hydrogen (secondary N) is 1. The average molecular weight is 387 g/mol. The van der Waals surface area contributed by atoms with Gasteiger partial charge in [-0.25, -0.2) is 14.2 Å². The molecule has 3 aromatic heterocycles. The van der Waals surface area contributed by atoms with Crippen LogP contribution < -0.4 is 5.32 Å². The molecule has 5 rings (SSSR count). The summed E-state index contributed by atoms with van der Waals surface area (Å²) in [5.74, 6) is 1.55. The number of carbonyl (C=O) groups excluding carboxylic acids is 1. The Balaban J connectivity index is 1.44. The van der Waals surface area contributed by atoms with Gasteiger partial charge in [-0.1, -0.05) is 18.2 Å². The van der Waals surface area contributed by atoms with Crippen molar-refractivity contribution in [2.75, 3.05) is 5.32 Å². The van der Waals surface area contributed by atoms with E-state index in [0.717, 1.165) is 53.4 Å². The Morgan fingerprint density at radius 1 is 1.10 bits per heavy atom. The Labute approximate surface area is 167 Å². The number of rotatable bonds is 4. The number of carbonyl (C=O) groups is 1. The third kappa shape index (κ3) is 3.16. The molecule has 0 fully saturated rings. The first-order valence-electron chi connectivity index (χ1n) is 9.74. The summed E-state index contributed by atoms with van der Waals surface area (Å²) in [6.45, 7) is 3.86. The molecule has 0 aliphatic heterocycles. The van der Waals surface area contributed by atoms with Gasteiger partial charge in [0.15, 0.2) is 5.82 Å². The van der Waals surface area contributed by atoms with Crippen molar-refractivity contribution in [3.8, 4) is 5.69 Å². The zero-order chi connectivity index (χ0) is 20.0. The minimum atomic E-state index is -0.165. The van der Waals surface area contributed by atoms with Crippen molar-refractivity contribution in [3.63, 3.8) is 0 Å². The topological polar surface area (TPSA) is 90.0 Å².